The van der Waals surface area contributed by atoms with Gasteiger partial charge in [-0.3, -0.25) is 9.69 Å². The van der Waals surface area contributed by atoms with Crippen molar-refractivity contribution >= 4 is 5.97 Å². The van der Waals surface area contributed by atoms with E-state index in [1.165, 1.54) is 0 Å². The lowest BCUT2D eigenvalue weighted by Gasteiger charge is -2.30. The Labute approximate surface area is 107 Å². The quantitative estimate of drug-likeness (QED) is 0.865. The van der Waals surface area contributed by atoms with E-state index in [-0.39, 0.29) is 5.92 Å². The highest BCUT2D eigenvalue weighted by Gasteiger charge is 2.24. The molecule has 2 rings (SSSR count). The van der Waals surface area contributed by atoms with Crippen LogP contribution in [-0.2, 0) is 4.79 Å². The zero-order valence-electron chi connectivity index (χ0n) is 10.4. The zero-order valence-corrected chi connectivity index (χ0v) is 10.4. The fraction of sp³-hybridized carbons (Fsp3) is 0.500. The van der Waals surface area contributed by atoms with Gasteiger partial charge in [-0.15, -0.1) is 0 Å². The number of nitrogens with zero attached hydrogens (tertiary/aromatic N) is 1. The smallest absolute Gasteiger partial charge is 0.307 e. The second-order valence-electron chi connectivity index (χ2n) is 4.64. The molecule has 0 spiro atoms. The lowest BCUT2D eigenvalue weighted by molar-refractivity contribution is -0.143. The first-order chi connectivity index (χ1) is 8.75. The number of aliphatic carboxylic acids is 1. The van der Waals surface area contributed by atoms with Crippen molar-refractivity contribution in [3.8, 4) is 5.75 Å². The number of para-hydroxylation sites is 1. The number of piperidine rings is 1. The number of carboxylic acid groups (broad SMARTS) is 1. The molecular formula is C14H19NO3. The Kier molecular flexibility index (Phi) is 4.59. The Morgan fingerprint density at radius 2 is 2.17 bits per heavy atom. The van der Waals surface area contributed by atoms with Crippen molar-refractivity contribution in [3.05, 3.63) is 30.3 Å². The molecule has 0 bridgehead atoms. The summed E-state index contributed by atoms with van der Waals surface area (Å²) in [6, 6.07) is 9.69. The fourth-order valence-electron chi connectivity index (χ4n) is 2.27. The maximum atomic E-state index is 10.9. The summed E-state index contributed by atoms with van der Waals surface area (Å²) in [7, 11) is 0. The number of likely N-dealkylation sites (tertiary alicyclic amines) is 1. The summed E-state index contributed by atoms with van der Waals surface area (Å²) in [5.41, 5.74) is 0. The molecule has 0 saturated carbocycles. The van der Waals surface area contributed by atoms with E-state index in [0.717, 1.165) is 31.7 Å². The highest BCUT2D eigenvalue weighted by atomic mass is 16.5. The van der Waals surface area contributed by atoms with E-state index in [4.69, 9.17) is 9.84 Å². The molecular weight excluding hydrogens is 230 g/mol. The third kappa shape index (κ3) is 3.74. The fourth-order valence-corrected chi connectivity index (χ4v) is 2.27. The number of hydrogen-bond donors (Lipinski definition) is 1. The molecule has 4 heteroatoms. The highest BCUT2D eigenvalue weighted by Crippen LogP contribution is 2.16. The molecule has 18 heavy (non-hydrogen) atoms. The van der Waals surface area contributed by atoms with E-state index in [2.05, 4.69) is 4.90 Å². The molecule has 1 aliphatic rings. The van der Waals surface area contributed by atoms with E-state index in [1.807, 2.05) is 30.3 Å². The van der Waals surface area contributed by atoms with Gasteiger partial charge in [-0.05, 0) is 31.5 Å². The molecule has 1 heterocycles. The van der Waals surface area contributed by atoms with E-state index in [1.54, 1.807) is 0 Å². The minimum Gasteiger partial charge on any atom is -0.492 e. The van der Waals surface area contributed by atoms with Gasteiger partial charge in [-0.25, -0.2) is 0 Å². The Hall–Kier alpha value is -1.55. The molecule has 0 unspecified atom stereocenters. The minimum absolute atomic E-state index is 0.213. The Morgan fingerprint density at radius 3 is 2.89 bits per heavy atom. The lowest BCUT2D eigenvalue weighted by atomic mass is 9.98. The maximum Gasteiger partial charge on any atom is 0.307 e. The van der Waals surface area contributed by atoms with Crippen molar-refractivity contribution < 1.29 is 14.6 Å². The van der Waals surface area contributed by atoms with Crippen LogP contribution in [0.3, 0.4) is 0 Å². The SMILES string of the molecule is O=C(O)[C@@H]1CCCN(CCOc2ccccc2)C1. The van der Waals surface area contributed by atoms with Crippen molar-refractivity contribution in [2.45, 2.75) is 12.8 Å². The monoisotopic (exact) mass is 249 g/mol. The number of ether oxygens (including phenoxy) is 1. The number of carboxylic acids is 1. The average Bonchev–Trinajstić information content (AvgIpc) is 2.40. The minimum atomic E-state index is -0.677. The van der Waals surface area contributed by atoms with Crippen LogP contribution in [0.4, 0.5) is 0 Å². The summed E-state index contributed by atoms with van der Waals surface area (Å²) in [6.07, 6.45) is 1.76. The van der Waals surface area contributed by atoms with Crippen LogP contribution in [0.2, 0.25) is 0 Å². The van der Waals surface area contributed by atoms with Crippen molar-refractivity contribution in [1.29, 1.82) is 0 Å². The van der Waals surface area contributed by atoms with Crippen LogP contribution in [0.25, 0.3) is 0 Å². The van der Waals surface area contributed by atoms with E-state index in [9.17, 15) is 4.79 Å². The summed E-state index contributed by atoms with van der Waals surface area (Å²) < 4.78 is 5.62. The van der Waals surface area contributed by atoms with E-state index in [0.29, 0.717) is 13.2 Å². The van der Waals surface area contributed by atoms with Crippen LogP contribution >= 0.6 is 0 Å². The molecule has 1 aromatic rings. The molecule has 1 fully saturated rings. The summed E-state index contributed by atoms with van der Waals surface area (Å²) in [6.45, 7) is 3.02. The first kappa shape index (κ1) is 12.9. The van der Waals surface area contributed by atoms with Crippen LogP contribution in [0.1, 0.15) is 12.8 Å². The first-order valence-corrected chi connectivity index (χ1v) is 6.39. The van der Waals surface area contributed by atoms with Gasteiger partial charge in [0.25, 0.3) is 0 Å². The summed E-state index contributed by atoms with van der Waals surface area (Å²) in [4.78, 5) is 13.1. The molecule has 1 N–H and O–H groups in total. The summed E-state index contributed by atoms with van der Waals surface area (Å²) >= 11 is 0. The van der Waals surface area contributed by atoms with Crippen molar-refractivity contribution in [2.24, 2.45) is 5.92 Å². The maximum absolute atomic E-state index is 10.9. The average molecular weight is 249 g/mol. The Morgan fingerprint density at radius 1 is 1.39 bits per heavy atom. The number of hydrogen-bond acceptors (Lipinski definition) is 3. The van der Waals surface area contributed by atoms with Gasteiger partial charge in [0, 0.05) is 13.1 Å². The predicted molar refractivity (Wildman–Crippen MR) is 68.7 cm³/mol. The second kappa shape index (κ2) is 6.40. The van der Waals surface area contributed by atoms with Gasteiger partial charge >= 0.3 is 5.97 Å². The van der Waals surface area contributed by atoms with Gasteiger partial charge in [0.15, 0.2) is 0 Å². The first-order valence-electron chi connectivity index (χ1n) is 6.39. The van der Waals surface area contributed by atoms with E-state index >= 15 is 0 Å². The molecule has 0 aromatic heterocycles. The molecule has 1 atom stereocenters. The Bertz CT molecular complexity index is 380. The van der Waals surface area contributed by atoms with Gasteiger partial charge < -0.3 is 9.84 Å². The molecule has 4 nitrogen and oxygen atoms in total. The lowest BCUT2D eigenvalue weighted by Crippen LogP contribution is -2.40. The summed E-state index contributed by atoms with van der Waals surface area (Å²) in [5, 5.41) is 9.00. The van der Waals surface area contributed by atoms with Crippen LogP contribution in [-0.4, -0.2) is 42.2 Å². The molecule has 1 aliphatic heterocycles. The highest BCUT2D eigenvalue weighted by molar-refractivity contribution is 5.70. The van der Waals surface area contributed by atoms with Gasteiger partial charge in [0.2, 0.25) is 0 Å². The van der Waals surface area contributed by atoms with Crippen molar-refractivity contribution in [1.82, 2.24) is 4.90 Å². The van der Waals surface area contributed by atoms with E-state index < -0.39 is 5.97 Å². The normalized spacial score (nSPS) is 20.6. The second-order valence-corrected chi connectivity index (χ2v) is 4.64. The molecule has 0 radical (unpaired) electrons. The predicted octanol–water partition coefficient (Wildman–Crippen LogP) is 1.86. The number of benzene rings is 1. The molecule has 1 aromatic carbocycles. The summed E-state index contributed by atoms with van der Waals surface area (Å²) in [5.74, 6) is -0.0246. The molecule has 1 saturated heterocycles. The van der Waals surface area contributed by atoms with Crippen LogP contribution in [0.15, 0.2) is 30.3 Å². The van der Waals surface area contributed by atoms with Crippen LogP contribution in [0, 0.1) is 5.92 Å². The van der Waals surface area contributed by atoms with Crippen LogP contribution in [0.5, 0.6) is 5.75 Å². The number of rotatable bonds is 5. The largest absolute Gasteiger partial charge is 0.492 e. The third-order valence-electron chi connectivity index (χ3n) is 3.27. The van der Waals surface area contributed by atoms with Crippen molar-refractivity contribution in [3.63, 3.8) is 0 Å². The van der Waals surface area contributed by atoms with Gasteiger partial charge in [0.1, 0.15) is 12.4 Å². The van der Waals surface area contributed by atoms with Crippen molar-refractivity contribution in [2.75, 3.05) is 26.2 Å². The third-order valence-corrected chi connectivity index (χ3v) is 3.27. The Balaban J connectivity index is 1.72. The molecule has 0 aliphatic carbocycles. The van der Waals surface area contributed by atoms with Gasteiger partial charge in [0.05, 0.1) is 5.92 Å². The van der Waals surface area contributed by atoms with Gasteiger partial charge in [-0.1, -0.05) is 18.2 Å². The molecule has 0 amide bonds. The zero-order chi connectivity index (χ0) is 12.8. The topological polar surface area (TPSA) is 49.8 Å². The van der Waals surface area contributed by atoms with Crippen LogP contribution < -0.4 is 4.74 Å². The number of carbonyl (C=O) groups is 1. The standard InChI is InChI=1S/C14H19NO3/c16-14(17)12-5-4-8-15(11-12)9-10-18-13-6-2-1-3-7-13/h1-3,6-7,12H,4-5,8-11H2,(H,16,17)/t12-/m1/s1. The van der Waals surface area contributed by atoms with Gasteiger partial charge in [-0.2, -0.15) is 0 Å². The molecule has 98 valence electrons.